The molecule has 0 heterocycles. The van der Waals surface area contributed by atoms with Crippen LogP contribution in [0.4, 0.5) is 10.1 Å². The van der Waals surface area contributed by atoms with E-state index in [0.29, 0.717) is 12.1 Å². The van der Waals surface area contributed by atoms with Crippen molar-refractivity contribution in [1.82, 2.24) is 4.72 Å². The molecule has 1 atom stereocenters. The molecule has 21 heavy (non-hydrogen) atoms. The molecule has 1 aromatic rings. The third-order valence-electron chi connectivity index (χ3n) is 2.41. The SMILES string of the molecule is O=C(O)[C@@H](O)CCNS(=O)(=O)c1cc([N+](=O)[O-])ccc1F. The molecule has 0 aliphatic rings. The number of nitro groups is 1. The van der Waals surface area contributed by atoms with Gasteiger partial charge in [-0.1, -0.05) is 0 Å². The normalized spacial score (nSPS) is 12.9. The highest BCUT2D eigenvalue weighted by Gasteiger charge is 2.23. The molecule has 0 aliphatic heterocycles. The zero-order valence-corrected chi connectivity index (χ0v) is 11.2. The van der Waals surface area contributed by atoms with Crippen LogP contribution in [0.25, 0.3) is 0 Å². The van der Waals surface area contributed by atoms with Crippen LogP contribution >= 0.6 is 0 Å². The van der Waals surface area contributed by atoms with Gasteiger partial charge in [-0.15, -0.1) is 0 Å². The first kappa shape index (κ1) is 16.9. The molecule has 3 N–H and O–H groups in total. The van der Waals surface area contributed by atoms with E-state index in [-0.39, 0.29) is 0 Å². The van der Waals surface area contributed by atoms with Crippen LogP contribution in [-0.2, 0) is 14.8 Å². The number of nitrogens with one attached hydrogen (secondary N) is 1. The molecule has 0 radical (unpaired) electrons. The van der Waals surface area contributed by atoms with E-state index in [9.17, 15) is 27.7 Å². The Morgan fingerprint density at radius 3 is 2.62 bits per heavy atom. The second-order valence-corrected chi connectivity index (χ2v) is 5.65. The highest BCUT2D eigenvalue weighted by molar-refractivity contribution is 7.89. The number of carbonyl (C=O) groups is 1. The van der Waals surface area contributed by atoms with Crippen LogP contribution in [-0.4, -0.2) is 42.2 Å². The number of carboxylic acids is 1. The van der Waals surface area contributed by atoms with Gasteiger partial charge in [0.1, 0.15) is 10.7 Å². The lowest BCUT2D eigenvalue weighted by atomic mass is 10.3. The molecule has 0 saturated heterocycles. The average Bonchev–Trinajstić information content (AvgIpc) is 2.38. The molecule has 1 rings (SSSR count). The smallest absolute Gasteiger partial charge is 0.332 e. The van der Waals surface area contributed by atoms with Crippen molar-refractivity contribution in [2.24, 2.45) is 0 Å². The maximum Gasteiger partial charge on any atom is 0.332 e. The zero-order valence-electron chi connectivity index (χ0n) is 10.4. The van der Waals surface area contributed by atoms with Crippen LogP contribution in [0.3, 0.4) is 0 Å². The summed E-state index contributed by atoms with van der Waals surface area (Å²) < 4.78 is 38.9. The molecular formula is C10H11FN2O7S. The summed E-state index contributed by atoms with van der Waals surface area (Å²) in [7, 11) is -4.40. The molecule has 116 valence electrons. The monoisotopic (exact) mass is 322 g/mol. The minimum Gasteiger partial charge on any atom is -0.479 e. The van der Waals surface area contributed by atoms with Gasteiger partial charge in [0.15, 0.2) is 6.10 Å². The molecule has 0 aliphatic carbocycles. The lowest BCUT2D eigenvalue weighted by Gasteiger charge is -2.09. The number of sulfonamides is 1. The number of rotatable bonds is 7. The van der Waals surface area contributed by atoms with Crippen molar-refractivity contribution in [2.75, 3.05) is 6.54 Å². The number of aliphatic carboxylic acids is 1. The van der Waals surface area contributed by atoms with Gasteiger partial charge in [-0.2, -0.15) is 0 Å². The third kappa shape index (κ3) is 4.44. The third-order valence-corrected chi connectivity index (χ3v) is 3.89. The van der Waals surface area contributed by atoms with Gasteiger partial charge in [0.05, 0.1) is 4.92 Å². The van der Waals surface area contributed by atoms with Crippen molar-refractivity contribution >= 4 is 21.7 Å². The summed E-state index contributed by atoms with van der Waals surface area (Å²) in [5.74, 6) is -2.72. The number of aliphatic hydroxyl groups is 1. The summed E-state index contributed by atoms with van der Waals surface area (Å²) in [6.07, 6.45) is -2.21. The molecular weight excluding hydrogens is 311 g/mol. The Balaban J connectivity index is 2.90. The largest absolute Gasteiger partial charge is 0.479 e. The van der Waals surface area contributed by atoms with Crippen molar-refractivity contribution in [3.8, 4) is 0 Å². The Morgan fingerprint density at radius 2 is 2.10 bits per heavy atom. The summed E-state index contributed by atoms with van der Waals surface area (Å²) in [6.45, 7) is -0.474. The minimum absolute atomic E-state index is 0.439. The fraction of sp³-hybridized carbons (Fsp3) is 0.300. The van der Waals surface area contributed by atoms with Crippen molar-refractivity contribution in [2.45, 2.75) is 17.4 Å². The van der Waals surface area contributed by atoms with Crippen LogP contribution in [0, 0.1) is 15.9 Å². The first-order chi connectivity index (χ1) is 9.65. The van der Waals surface area contributed by atoms with Gasteiger partial charge in [-0.05, 0) is 12.5 Å². The maximum atomic E-state index is 13.5. The van der Waals surface area contributed by atoms with E-state index in [2.05, 4.69) is 0 Å². The Hall–Kier alpha value is -2.11. The quantitative estimate of drug-likeness (QED) is 0.467. The van der Waals surface area contributed by atoms with Gasteiger partial charge < -0.3 is 10.2 Å². The molecule has 11 heteroatoms. The summed E-state index contributed by atoms with van der Waals surface area (Å²) in [4.78, 5) is 19.1. The van der Waals surface area contributed by atoms with E-state index in [0.717, 1.165) is 6.07 Å². The Morgan fingerprint density at radius 1 is 1.48 bits per heavy atom. The van der Waals surface area contributed by atoms with Gasteiger partial charge in [-0.3, -0.25) is 10.1 Å². The molecule has 0 unspecified atom stereocenters. The number of non-ortho nitro benzene ring substituents is 1. The second-order valence-electron chi connectivity index (χ2n) is 3.91. The number of hydrogen-bond acceptors (Lipinski definition) is 6. The summed E-state index contributed by atoms with van der Waals surface area (Å²) >= 11 is 0. The zero-order chi connectivity index (χ0) is 16.2. The van der Waals surface area contributed by atoms with Gasteiger partial charge >= 0.3 is 5.97 Å². The van der Waals surface area contributed by atoms with Gasteiger partial charge in [0.2, 0.25) is 10.0 Å². The molecule has 0 amide bonds. The molecule has 0 aromatic heterocycles. The van der Waals surface area contributed by atoms with E-state index >= 15 is 0 Å². The van der Waals surface area contributed by atoms with Crippen molar-refractivity contribution in [3.63, 3.8) is 0 Å². The number of nitro benzene ring substituents is 1. The number of carboxylic acid groups (broad SMARTS) is 1. The molecule has 0 saturated carbocycles. The predicted octanol–water partition coefficient (Wildman–Crippen LogP) is -0.152. The first-order valence-electron chi connectivity index (χ1n) is 5.49. The Kier molecular flexibility index (Phi) is 5.29. The van der Waals surface area contributed by atoms with Crippen LogP contribution in [0.5, 0.6) is 0 Å². The van der Waals surface area contributed by atoms with E-state index < -0.39 is 56.4 Å². The van der Waals surface area contributed by atoms with E-state index in [1.807, 2.05) is 4.72 Å². The van der Waals surface area contributed by atoms with E-state index in [1.54, 1.807) is 0 Å². The lowest BCUT2D eigenvalue weighted by Crippen LogP contribution is -2.30. The molecule has 0 spiro atoms. The minimum atomic E-state index is -4.40. The number of benzene rings is 1. The second kappa shape index (κ2) is 6.56. The van der Waals surface area contributed by atoms with Crippen LogP contribution in [0.15, 0.2) is 23.1 Å². The van der Waals surface area contributed by atoms with Crippen LogP contribution in [0.2, 0.25) is 0 Å². The maximum absolute atomic E-state index is 13.5. The topological polar surface area (TPSA) is 147 Å². The highest BCUT2D eigenvalue weighted by atomic mass is 32.2. The highest BCUT2D eigenvalue weighted by Crippen LogP contribution is 2.20. The van der Waals surface area contributed by atoms with Gasteiger partial charge in [0, 0.05) is 18.7 Å². The van der Waals surface area contributed by atoms with Crippen LogP contribution < -0.4 is 4.72 Å². The number of hydrogen-bond donors (Lipinski definition) is 3. The Bertz CT molecular complexity index is 661. The van der Waals surface area contributed by atoms with E-state index in [1.165, 1.54) is 0 Å². The first-order valence-corrected chi connectivity index (χ1v) is 6.98. The average molecular weight is 322 g/mol. The predicted molar refractivity (Wildman–Crippen MR) is 66.5 cm³/mol. The molecule has 9 nitrogen and oxygen atoms in total. The van der Waals surface area contributed by atoms with E-state index in [4.69, 9.17) is 10.2 Å². The van der Waals surface area contributed by atoms with Gasteiger partial charge in [0.25, 0.3) is 5.69 Å². The lowest BCUT2D eigenvalue weighted by molar-refractivity contribution is -0.385. The summed E-state index contributed by atoms with van der Waals surface area (Å²) in [5.41, 5.74) is -0.609. The molecule has 0 fully saturated rings. The number of halogens is 1. The molecule has 1 aromatic carbocycles. The summed E-state index contributed by atoms with van der Waals surface area (Å²) in [6, 6.07) is 1.99. The van der Waals surface area contributed by atoms with Crippen molar-refractivity contribution < 1.29 is 32.7 Å². The number of nitrogens with zero attached hydrogens (tertiary/aromatic N) is 1. The van der Waals surface area contributed by atoms with Crippen LogP contribution in [0.1, 0.15) is 6.42 Å². The molecule has 0 bridgehead atoms. The van der Waals surface area contributed by atoms with Gasteiger partial charge in [-0.25, -0.2) is 22.3 Å². The Labute approximate surface area is 118 Å². The summed E-state index contributed by atoms with van der Waals surface area (Å²) in [5, 5.41) is 27.9. The van der Waals surface area contributed by atoms with Crippen molar-refractivity contribution in [3.05, 3.63) is 34.1 Å². The fourth-order valence-electron chi connectivity index (χ4n) is 1.34. The standard InChI is InChI=1S/C10H11FN2O7S/c11-7-2-1-6(13(17)18)5-9(7)21(19,20)12-4-3-8(14)10(15)16/h1-2,5,8,12,14H,3-4H2,(H,15,16)/t8-/m0/s1. The fourth-order valence-corrected chi connectivity index (χ4v) is 2.49. The number of aliphatic hydroxyl groups excluding tert-OH is 1. The van der Waals surface area contributed by atoms with Crippen molar-refractivity contribution in [1.29, 1.82) is 0 Å².